The average Bonchev–Trinajstić information content (AvgIpc) is 2.28. The third-order valence-corrected chi connectivity index (χ3v) is 4.04. The number of hydrogen-bond donors (Lipinski definition) is 1. The van der Waals surface area contributed by atoms with Gasteiger partial charge in [-0.05, 0) is 64.0 Å². The Morgan fingerprint density at radius 1 is 1.28 bits per heavy atom. The minimum atomic E-state index is 0.657. The van der Waals surface area contributed by atoms with E-state index in [1.807, 2.05) is 12.1 Å². The molecule has 1 saturated carbocycles. The standard InChI is InChI=1S/C15H23ClN2/c1-18(2)9-5-8-17-13-10-12(11-13)14-6-3-4-7-15(14)16/h3-4,6-7,12-13,17H,5,8-11H2,1-2H3. The molecule has 1 aliphatic carbocycles. The molecule has 2 rings (SSSR count). The minimum Gasteiger partial charge on any atom is -0.314 e. The Morgan fingerprint density at radius 2 is 2.00 bits per heavy atom. The van der Waals surface area contributed by atoms with Gasteiger partial charge in [-0.15, -0.1) is 0 Å². The highest BCUT2D eigenvalue weighted by molar-refractivity contribution is 6.31. The Kier molecular flexibility index (Phi) is 5.04. The first-order valence-electron chi connectivity index (χ1n) is 6.79. The van der Waals surface area contributed by atoms with E-state index < -0.39 is 0 Å². The number of nitrogens with zero attached hydrogens (tertiary/aromatic N) is 1. The first-order valence-corrected chi connectivity index (χ1v) is 7.17. The van der Waals surface area contributed by atoms with Crippen LogP contribution in [0.2, 0.25) is 5.02 Å². The zero-order valence-corrected chi connectivity index (χ0v) is 12.1. The summed E-state index contributed by atoms with van der Waals surface area (Å²) in [5, 5.41) is 4.55. The number of hydrogen-bond acceptors (Lipinski definition) is 2. The molecule has 100 valence electrons. The van der Waals surface area contributed by atoms with Gasteiger partial charge in [0.2, 0.25) is 0 Å². The van der Waals surface area contributed by atoms with Crippen molar-refractivity contribution in [3.63, 3.8) is 0 Å². The lowest BCUT2D eigenvalue weighted by Crippen LogP contribution is -2.41. The molecule has 0 unspecified atom stereocenters. The highest BCUT2D eigenvalue weighted by atomic mass is 35.5. The molecule has 0 atom stereocenters. The van der Waals surface area contributed by atoms with E-state index in [2.05, 4.69) is 36.4 Å². The molecule has 3 heteroatoms. The Balaban J connectivity index is 1.67. The molecular formula is C15H23ClN2. The number of nitrogens with one attached hydrogen (secondary N) is 1. The molecule has 0 aliphatic heterocycles. The van der Waals surface area contributed by atoms with E-state index in [9.17, 15) is 0 Å². The quantitative estimate of drug-likeness (QED) is 0.796. The fraction of sp³-hybridized carbons (Fsp3) is 0.600. The fourth-order valence-electron chi connectivity index (χ4n) is 2.55. The first-order chi connectivity index (χ1) is 8.66. The number of rotatable bonds is 6. The van der Waals surface area contributed by atoms with E-state index in [1.165, 1.54) is 24.8 Å². The highest BCUT2D eigenvalue weighted by Crippen LogP contribution is 2.39. The second-order valence-corrected chi connectivity index (χ2v) is 5.90. The molecule has 0 bridgehead atoms. The summed E-state index contributed by atoms with van der Waals surface area (Å²) in [4.78, 5) is 2.23. The van der Waals surface area contributed by atoms with Crippen molar-refractivity contribution in [2.75, 3.05) is 27.2 Å². The Bertz CT molecular complexity index is 373. The molecule has 0 amide bonds. The van der Waals surface area contributed by atoms with Crippen LogP contribution >= 0.6 is 11.6 Å². The van der Waals surface area contributed by atoms with Crippen LogP contribution in [0.1, 0.15) is 30.7 Å². The average molecular weight is 267 g/mol. The molecule has 18 heavy (non-hydrogen) atoms. The Hall–Kier alpha value is -0.570. The zero-order chi connectivity index (χ0) is 13.0. The molecule has 1 fully saturated rings. The van der Waals surface area contributed by atoms with Gasteiger partial charge in [0.15, 0.2) is 0 Å². The maximum atomic E-state index is 6.22. The molecule has 0 aromatic heterocycles. The molecule has 1 N–H and O–H groups in total. The molecule has 1 aliphatic rings. The first kappa shape index (κ1) is 13.9. The van der Waals surface area contributed by atoms with Gasteiger partial charge >= 0.3 is 0 Å². The zero-order valence-electron chi connectivity index (χ0n) is 11.3. The van der Waals surface area contributed by atoms with Gasteiger partial charge in [0, 0.05) is 11.1 Å². The molecule has 1 aromatic carbocycles. The summed E-state index contributed by atoms with van der Waals surface area (Å²) in [6.45, 7) is 2.28. The second kappa shape index (κ2) is 6.55. The van der Waals surface area contributed by atoms with Gasteiger partial charge in [-0.25, -0.2) is 0 Å². The van der Waals surface area contributed by atoms with Gasteiger partial charge < -0.3 is 10.2 Å². The summed E-state index contributed by atoms with van der Waals surface area (Å²) in [5.41, 5.74) is 1.32. The van der Waals surface area contributed by atoms with Crippen LogP contribution in [-0.4, -0.2) is 38.1 Å². The molecule has 1 aromatic rings. The van der Waals surface area contributed by atoms with Crippen molar-refractivity contribution in [3.05, 3.63) is 34.9 Å². The van der Waals surface area contributed by atoms with Crippen molar-refractivity contribution < 1.29 is 0 Å². The molecule has 0 spiro atoms. The molecular weight excluding hydrogens is 244 g/mol. The van der Waals surface area contributed by atoms with Gasteiger partial charge in [-0.2, -0.15) is 0 Å². The minimum absolute atomic E-state index is 0.657. The predicted molar refractivity (Wildman–Crippen MR) is 78.4 cm³/mol. The van der Waals surface area contributed by atoms with E-state index in [1.54, 1.807) is 0 Å². The SMILES string of the molecule is CN(C)CCCNC1CC(c2ccccc2Cl)C1. The third-order valence-electron chi connectivity index (χ3n) is 3.70. The maximum Gasteiger partial charge on any atom is 0.0440 e. The predicted octanol–water partition coefficient (Wildman–Crippen LogP) is 3.13. The van der Waals surface area contributed by atoms with Crippen molar-refractivity contribution in [1.82, 2.24) is 10.2 Å². The molecule has 0 radical (unpaired) electrons. The molecule has 2 nitrogen and oxygen atoms in total. The lowest BCUT2D eigenvalue weighted by atomic mass is 9.76. The summed E-state index contributed by atoms with van der Waals surface area (Å²) in [5.74, 6) is 0.657. The third kappa shape index (κ3) is 3.71. The van der Waals surface area contributed by atoms with E-state index >= 15 is 0 Å². The number of halogens is 1. The largest absolute Gasteiger partial charge is 0.314 e. The maximum absolute atomic E-state index is 6.22. The van der Waals surface area contributed by atoms with Crippen LogP contribution in [0.15, 0.2) is 24.3 Å². The van der Waals surface area contributed by atoms with E-state index in [0.717, 1.165) is 18.1 Å². The van der Waals surface area contributed by atoms with Crippen molar-refractivity contribution in [3.8, 4) is 0 Å². The molecule has 0 saturated heterocycles. The highest BCUT2D eigenvalue weighted by Gasteiger charge is 2.30. The van der Waals surface area contributed by atoms with Crippen molar-refractivity contribution >= 4 is 11.6 Å². The van der Waals surface area contributed by atoms with Gasteiger partial charge in [-0.1, -0.05) is 29.8 Å². The Morgan fingerprint density at radius 3 is 2.67 bits per heavy atom. The van der Waals surface area contributed by atoms with Crippen LogP contribution in [0.25, 0.3) is 0 Å². The van der Waals surface area contributed by atoms with Crippen molar-refractivity contribution in [1.29, 1.82) is 0 Å². The summed E-state index contributed by atoms with van der Waals surface area (Å²) in [7, 11) is 4.24. The number of benzene rings is 1. The van der Waals surface area contributed by atoms with Gasteiger partial charge in [0.25, 0.3) is 0 Å². The van der Waals surface area contributed by atoms with Crippen molar-refractivity contribution in [2.45, 2.75) is 31.2 Å². The van der Waals surface area contributed by atoms with Crippen LogP contribution in [0.3, 0.4) is 0 Å². The van der Waals surface area contributed by atoms with Crippen LogP contribution in [-0.2, 0) is 0 Å². The lowest BCUT2D eigenvalue weighted by Gasteiger charge is -2.37. The van der Waals surface area contributed by atoms with Gasteiger partial charge in [-0.3, -0.25) is 0 Å². The second-order valence-electron chi connectivity index (χ2n) is 5.50. The van der Waals surface area contributed by atoms with Gasteiger partial charge in [0.05, 0.1) is 0 Å². The summed E-state index contributed by atoms with van der Waals surface area (Å²) >= 11 is 6.22. The van der Waals surface area contributed by atoms with Crippen LogP contribution in [0, 0.1) is 0 Å². The van der Waals surface area contributed by atoms with Crippen LogP contribution in [0.5, 0.6) is 0 Å². The molecule has 0 heterocycles. The summed E-state index contributed by atoms with van der Waals surface area (Å²) in [6.07, 6.45) is 3.68. The van der Waals surface area contributed by atoms with E-state index in [4.69, 9.17) is 11.6 Å². The summed E-state index contributed by atoms with van der Waals surface area (Å²) < 4.78 is 0. The fourth-order valence-corrected chi connectivity index (χ4v) is 2.84. The van der Waals surface area contributed by atoms with Gasteiger partial charge in [0.1, 0.15) is 0 Å². The topological polar surface area (TPSA) is 15.3 Å². The van der Waals surface area contributed by atoms with E-state index in [0.29, 0.717) is 12.0 Å². The normalized spacial score (nSPS) is 23.1. The van der Waals surface area contributed by atoms with E-state index in [-0.39, 0.29) is 0 Å². The summed E-state index contributed by atoms with van der Waals surface area (Å²) in [6, 6.07) is 8.93. The van der Waals surface area contributed by atoms with Crippen molar-refractivity contribution in [2.24, 2.45) is 0 Å². The van der Waals surface area contributed by atoms with Crippen LogP contribution < -0.4 is 5.32 Å². The Labute approximate surface area is 115 Å². The monoisotopic (exact) mass is 266 g/mol. The van der Waals surface area contributed by atoms with Crippen LogP contribution in [0.4, 0.5) is 0 Å². The lowest BCUT2D eigenvalue weighted by molar-refractivity contribution is 0.284. The smallest absolute Gasteiger partial charge is 0.0440 e.